The van der Waals surface area contributed by atoms with Crippen molar-refractivity contribution in [2.75, 3.05) is 13.2 Å². The van der Waals surface area contributed by atoms with E-state index in [1.54, 1.807) is 0 Å². The maximum atomic E-state index is 6.19. The summed E-state index contributed by atoms with van der Waals surface area (Å²) in [6, 6.07) is 0. The number of rotatable bonds is 2. The lowest BCUT2D eigenvalue weighted by atomic mass is 10.2. The van der Waals surface area contributed by atoms with Crippen molar-refractivity contribution < 1.29 is 9.16 Å². The first-order valence-electron chi connectivity index (χ1n) is 5.17. The molecule has 0 spiro atoms. The molecule has 1 aliphatic rings. The van der Waals surface area contributed by atoms with Crippen LogP contribution in [0.3, 0.4) is 0 Å². The maximum Gasteiger partial charge on any atom is 0.193 e. The highest BCUT2D eigenvalue weighted by Crippen LogP contribution is 2.38. The number of ether oxygens (including phenoxy) is 1. The zero-order valence-electron chi connectivity index (χ0n) is 10.0. The predicted octanol–water partition coefficient (Wildman–Crippen LogP) is 2.96. The van der Waals surface area contributed by atoms with Crippen LogP contribution in [0.25, 0.3) is 0 Å². The Morgan fingerprint density at radius 3 is 2.36 bits per heavy atom. The molecule has 0 unspecified atom stereocenters. The van der Waals surface area contributed by atoms with Crippen molar-refractivity contribution in [1.29, 1.82) is 0 Å². The Labute approximate surface area is 88.4 Å². The molecule has 2 nitrogen and oxygen atoms in total. The minimum Gasteiger partial charge on any atom is -0.408 e. The van der Waals surface area contributed by atoms with Gasteiger partial charge in [0.2, 0.25) is 0 Å². The minimum absolute atomic E-state index is 0.135. The molecular weight excluding hydrogens is 192 g/mol. The van der Waals surface area contributed by atoms with Gasteiger partial charge in [0.15, 0.2) is 8.32 Å². The van der Waals surface area contributed by atoms with E-state index in [-0.39, 0.29) is 11.1 Å². The molecule has 1 rings (SSSR count). The van der Waals surface area contributed by atoms with E-state index in [4.69, 9.17) is 9.16 Å². The summed E-state index contributed by atoms with van der Waals surface area (Å²) in [6.07, 6.45) is 0.135. The third kappa shape index (κ3) is 2.46. The Morgan fingerprint density at radius 1 is 1.43 bits per heavy atom. The summed E-state index contributed by atoms with van der Waals surface area (Å²) in [5, 5.41) is 0.260. The average molecular weight is 214 g/mol. The first-order chi connectivity index (χ1) is 6.24. The zero-order chi connectivity index (χ0) is 11.0. The van der Waals surface area contributed by atoms with Gasteiger partial charge in [-0.1, -0.05) is 27.4 Å². The van der Waals surface area contributed by atoms with Crippen LogP contribution in [0.4, 0.5) is 0 Å². The summed E-state index contributed by atoms with van der Waals surface area (Å²) in [7, 11) is -1.65. The standard InChI is InChI=1S/C11H22O2Si/c1-9-7-12-8-10(9)13-14(5,6)11(2,3)4/h10H,1,7-8H2,2-6H3/t10-/m0/s1. The van der Waals surface area contributed by atoms with E-state index in [1.807, 2.05) is 0 Å². The molecule has 0 amide bonds. The fraction of sp³-hybridized carbons (Fsp3) is 0.818. The second-order valence-corrected chi connectivity index (χ2v) is 10.3. The van der Waals surface area contributed by atoms with E-state index in [1.165, 1.54) is 0 Å². The first-order valence-corrected chi connectivity index (χ1v) is 8.08. The highest BCUT2D eigenvalue weighted by atomic mass is 28.4. The average Bonchev–Trinajstić information content (AvgIpc) is 2.33. The molecule has 1 atom stereocenters. The van der Waals surface area contributed by atoms with Gasteiger partial charge in [0, 0.05) is 0 Å². The van der Waals surface area contributed by atoms with Gasteiger partial charge in [0.25, 0.3) is 0 Å². The van der Waals surface area contributed by atoms with Gasteiger partial charge in [0.05, 0.1) is 19.3 Å². The van der Waals surface area contributed by atoms with Gasteiger partial charge < -0.3 is 9.16 Å². The van der Waals surface area contributed by atoms with Crippen molar-refractivity contribution in [3.63, 3.8) is 0 Å². The molecule has 0 radical (unpaired) electrons. The van der Waals surface area contributed by atoms with Crippen molar-refractivity contribution in [2.24, 2.45) is 0 Å². The minimum atomic E-state index is -1.65. The topological polar surface area (TPSA) is 18.5 Å². The lowest BCUT2D eigenvalue weighted by Gasteiger charge is -2.38. The van der Waals surface area contributed by atoms with Gasteiger partial charge in [-0.3, -0.25) is 0 Å². The molecule has 82 valence electrons. The third-order valence-corrected chi connectivity index (χ3v) is 7.74. The van der Waals surface area contributed by atoms with Gasteiger partial charge >= 0.3 is 0 Å². The molecule has 1 fully saturated rings. The largest absolute Gasteiger partial charge is 0.408 e. The lowest BCUT2D eigenvalue weighted by molar-refractivity contribution is 0.134. The van der Waals surface area contributed by atoms with Gasteiger partial charge in [-0.25, -0.2) is 0 Å². The summed E-state index contributed by atoms with van der Waals surface area (Å²) < 4.78 is 11.5. The first kappa shape index (κ1) is 11.9. The second kappa shape index (κ2) is 3.80. The van der Waals surface area contributed by atoms with Crippen molar-refractivity contribution in [3.8, 4) is 0 Å². The Morgan fingerprint density at radius 2 is 2.00 bits per heavy atom. The Balaban J connectivity index is 2.63. The molecule has 0 aliphatic carbocycles. The van der Waals surface area contributed by atoms with Crippen LogP contribution in [-0.4, -0.2) is 27.6 Å². The smallest absolute Gasteiger partial charge is 0.193 e. The van der Waals surface area contributed by atoms with Crippen molar-refractivity contribution in [3.05, 3.63) is 12.2 Å². The van der Waals surface area contributed by atoms with Crippen molar-refractivity contribution in [2.45, 2.75) is 45.0 Å². The predicted molar refractivity (Wildman–Crippen MR) is 62.0 cm³/mol. The molecule has 3 heteroatoms. The SMILES string of the molecule is C=C1COC[C@@H]1O[Si](C)(C)C(C)(C)C. The van der Waals surface area contributed by atoms with Gasteiger partial charge in [0.1, 0.15) is 0 Å². The Kier molecular flexibility index (Phi) is 3.24. The van der Waals surface area contributed by atoms with E-state index >= 15 is 0 Å². The van der Waals surface area contributed by atoms with Crippen LogP contribution in [0.1, 0.15) is 20.8 Å². The number of hydrogen-bond donors (Lipinski definition) is 0. The van der Waals surface area contributed by atoms with Crippen LogP contribution >= 0.6 is 0 Å². The third-order valence-electron chi connectivity index (χ3n) is 3.26. The van der Waals surface area contributed by atoms with E-state index in [2.05, 4.69) is 40.4 Å². The van der Waals surface area contributed by atoms with E-state index in [0.717, 1.165) is 5.57 Å². The zero-order valence-corrected chi connectivity index (χ0v) is 11.0. The van der Waals surface area contributed by atoms with E-state index < -0.39 is 8.32 Å². The second-order valence-electron chi connectivity index (χ2n) is 5.54. The number of hydrogen-bond acceptors (Lipinski definition) is 2. The van der Waals surface area contributed by atoms with Crippen molar-refractivity contribution in [1.82, 2.24) is 0 Å². The fourth-order valence-electron chi connectivity index (χ4n) is 1.16. The molecule has 0 aromatic carbocycles. The van der Waals surface area contributed by atoms with Gasteiger partial charge in [-0.15, -0.1) is 0 Å². The molecule has 0 N–H and O–H groups in total. The lowest BCUT2D eigenvalue weighted by Crippen LogP contribution is -2.44. The van der Waals surface area contributed by atoms with Gasteiger partial charge in [-0.05, 0) is 23.7 Å². The molecule has 14 heavy (non-hydrogen) atoms. The molecular formula is C11H22O2Si. The molecule has 0 aromatic rings. The molecule has 0 aromatic heterocycles. The van der Waals surface area contributed by atoms with Crippen LogP contribution in [0.5, 0.6) is 0 Å². The van der Waals surface area contributed by atoms with E-state index in [9.17, 15) is 0 Å². The van der Waals surface area contributed by atoms with Crippen LogP contribution in [0.15, 0.2) is 12.2 Å². The summed E-state index contributed by atoms with van der Waals surface area (Å²) in [5.74, 6) is 0. The molecule has 1 heterocycles. The molecule has 0 saturated carbocycles. The van der Waals surface area contributed by atoms with Crippen molar-refractivity contribution >= 4 is 8.32 Å². The Bertz CT molecular complexity index is 228. The van der Waals surface area contributed by atoms with Crippen LogP contribution in [0.2, 0.25) is 18.1 Å². The monoisotopic (exact) mass is 214 g/mol. The van der Waals surface area contributed by atoms with Crippen LogP contribution < -0.4 is 0 Å². The molecule has 1 aliphatic heterocycles. The fourth-order valence-corrected chi connectivity index (χ4v) is 2.46. The molecule has 0 bridgehead atoms. The summed E-state index contributed by atoms with van der Waals surface area (Å²) in [6.45, 7) is 16.6. The quantitative estimate of drug-likeness (QED) is 0.520. The Hall–Kier alpha value is -0.123. The van der Waals surface area contributed by atoms with Crippen LogP contribution in [-0.2, 0) is 9.16 Å². The van der Waals surface area contributed by atoms with E-state index in [0.29, 0.717) is 13.2 Å². The maximum absolute atomic E-state index is 6.19. The molecule has 1 saturated heterocycles. The normalized spacial score (nSPS) is 24.4. The summed E-state index contributed by atoms with van der Waals surface area (Å²) in [4.78, 5) is 0. The highest BCUT2D eigenvalue weighted by molar-refractivity contribution is 6.74. The van der Waals surface area contributed by atoms with Gasteiger partial charge in [-0.2, -0.15) is 0 Å². The summed E-state index contributed by atoms with van der Waals surface area (Å²) >= 11 is 0. The van der Waals surface area contributed by atoms with Crippen LogP contribution in [0, 0.1) is 0 Å². The highest BCUT2D eigenvalue weighted by Gasteiger charge is 2.40. The summed E-state index contributed by atoms with van der Waals surface area (Å²) in [5.41, 5.74) is 1.09.